The monoisotopic (exact) mass is 252 g/mol. The lowest BCUT2D eigenvalue weighted by Gasteiger charge is -2.06. The van der Waals surface area contributed by atoms with E-state index in [1.54, 1.807) is 11.8 Å². The third-order valence-corrected chi connectivity index (χ3v) is 3.44. The Morgan fingerprint density at radius 3 is 2.65 bits per heavy atom. The molecule has 1 N–H and O–H groups in total. The lowest BCUT2D eigenvalue weighted by Crippen LogP contribution is -2.10. The predicted octanol–water partition coefficient (Wildman–Crippen LogP) is 2.60. The van der Waals surface area contributed by atoms with Crippen LogP contribution in [0, 0.1) is 5.92 Å². The highest BCUT2D eigenvalue weighted by Crippen LogP contribution is 2.16. The molecule has 0 spiro atoms. The van der Waals surface area contributed by atoms with Crippen LogP contribution in [0.1, 0.15) is 18.4 Å². The van der Waals surface area contributed by atoms with Crippen molar-refractivity contribution in [3.63, 3.8) is 0 Å². The zero-order chi connectivity index (χ0) is 12.5. The summed E-state index contributed by atoms with van der Waals surface area (Å²) >= 11 is 1.73. The van der Waals surface area contributed by atoms with Crippen molar-refractivity contribution in [3.05, 3.63) is 35.9 Å². The standard InChI is InChI=1S/C13H16O3S/c14-9-12(8-13(15)16)6-7-17-10-11-4-2-1-3-5-11/h1-5,9,12H,6-8,10H2,(H,15,16). The first kappa shape index (κ1) is 13.8. The number of aliphatic carboxylic acids is 1. The van der Waals surface area contributed by atoms with Gasteiger partial charge < -0.3 is 9.90 Å². The van der Waals surface area contributed by atoms with Gasteiger partial charge >= 0.3 is 5.97 Å². The molecule has 4 heteroatoms. The van der Waals surface area contributed by atoms with Crippen LogP contribution in [-0.4, -0.2) is 23.1 Å². The van der Waals surface area contributed by atoms with Crippen LogP contribution in [-0.2, 0) is 15.3 Å². The van der Waals surface area contributed by atoms with E-state index < -0.39 is 5.97 Å². The van der Waals surface area contributed by atoms with E-state index in [1.807, 2.05) is 18.2 Å². The van der Waals surface area contributed by atoms with Crippen molar-refractivity contribution in [1.82, 2.24) is 0 Å². The lowest BCUT2D eigenvalue weighted by atomic mass is 10.1. The van der Waals surface area contributed by atoms with Gasteiger partial charge in [-0.1, -0.05) is 30.3 Å². The van der Waals surface area contributed by atoms with Crippen molar-refractivity contribution in [2.45, 2.75) is 18.6 Å². The molecule has 0 heterocycles. The number of carboxylic acid groups (broad SMARTS) is 1. The molecule has 92 valence electrons. The number of carboxylic acids is 1. The summed E-state index contributed by atoms with van der Waals surface area (Å²) in [6, 6.07) is 10.1. The summed E-state index contributed by atoms with van der Waals surface area (Å²) in [6.07, 6.45) is 1.32. The summed E-state index contributed by atoms with van der Waals surface area (Å²) in [5.74, 6) is 0.455. The molecule has 0 aromatic heterocycles. The third-order valence-electron chi connectivity index (χ3n) is 2.37. The van der Waals surface area contributed by atoms with Crippen LogP contribution in [0.2, 0.25) is 0 Å². The molecule has 1 aromatic carbocycles. The minimum absolute atomic E-state index is 0.0601. The van der Waals surface area contributed by atoms with Crippen molar-refractivity contribution in [2.75, 3.05) is 5.75 Å². The maximum absolute atomic E-state index is 10.6. The van der Waals surface area contributed by atoms with Crippen LogP contribution < -0.4 is 0 Å². The number of benzene rings is 1. The maximum Gasteiger partial charge on any atom is 0.304 e. The molecule has 0 radical (unpaired) electrons. The molecule has 17 heavy (non-hydrogen) atoms. The molecule has 1 unspecified atom stereocenters. The highest BCUT2D eigenvalue weighted by Gasteiger charge is 2.11. The molecule has 0 amide bonds. The second-order valence-corrected chi connectivity index (χ2v) is 4.93. The van der Waals surface area contributed by atoms with Gasteiger partial charge in [-0.3, -0.25) is 4.79 Å². The Labute approximate surface area is 105 Å². The smallest absolute Gasteiger partial charge is 0.304 e. The van der Waals surface area contributed by atoms with Crippen molar-refractivity contribution in [1.29, 1.82) is 0 Å². The molecule has 0 aliphatic carbocycles. The van der Waals surface area contributed by atoms with E-state index in [0.717, 1.165) is 17.8 Å². The molecule has 0 saturated carbocycles. The van der Waals surface area contributed by atoms with E-state index in [4.69, 9.17) is 5.11 Å². The number of hydrogen-bond acceptors (Lipinski definition) is 3. The van der Waals surface area contributed by atoms with Crippen LogP contribution in [0.4, 0.5) is 0 Å². The van der Waals surface area contributed by atoms with Gasteiger partial charge in [0.15, 0.2) is 0 Å². The van der Waals surface area contributed by atoms with Gasteiger partial charge in [0.1, 0.15) is 6.29 Å². The summed E-state index contributed by atoms with van der Waals surface area (Å²) in [6.45, 7) is 0. The van der Waals surface area contributed by atoms with Gasteiger partial charge in [-0.2, -0.15) is 11.8 Å². The molecule has 0 aliphatic rings. The molecular weight excluding hydrogens is 236 g/mol. The van der Waals surface area contributed by atoms with E-state index in [2.05, 4.69) is 12.1 Å². The summed E-state index contributed by atoms with van der Waals surface area (Å²) in [5.41, 5.74) is 1.25. The number of carbonyl (C=O) groups is 2. The van der Waals surface area contributed by atoms with Crippen molar-refractivity contribution in [2.24, 2.45) is 5.92 Å². The molecular formula is C13H16O3S. The average molecular weight is 252 g/mol. The Balaban J connectivity index is 2.19. The predicted molar refractivity (Wildman–Crippen MR) is 69.0 cm³/mol. The Morgan fingerprint density at radius 1 is 1.35 bits per heavy atom. The molecule has 0 aliphatic heterocycles. The van der Waals surface area contributed by atoms with Crippen molar-refractivity contribution in [3.8, 4) is 0 Å². The van der Waals surface area contributed by atoms with Crippen molar-refractivity contribution >= 4 is 24.0 Å². The van der Waals surface area contributed by atoms with Crippen molar-refractivity contribution < 1.29 is 14.7 Å². The van der Waals surface area contributed by atoms with Gasteiger partial charge in [0.25, 0.3) is 0 Å². The van der Waals surface area contributed by atoms with Crippen LogP contribution >= 0.6 is 11.8 Å². The van der Waals surface area contributed by atoms with E-state index in [1.165, 1.54) is 5.56 Å². The Hall–Kier alpha value is -1.29. The van der Waals surface area contributed by atoms with Crippen LogP contribution in [0.25, 0.3) is 0 Å². The fraction of sp³-hybridized carbons (Fsp3) is 0.385. The number of hydrogen-bond donors (Lipinski definition) is 1. The van der Waals surface area contributed by atoms with E-state index in [-0.39, 0.29) is 12.3 Å². The number of thioether (sulfide) groups is 1. The molecule has 1 rings (SSSR count). The zero-order valence-corrected chi connectivity index (χ0v) is 10.4. The first-order chi connectivity index (χ1) is 8.22. The molecule has 0 saturated heterocycles. The van der Waals surface area contributed by atoms with Crippen LogP contribution in [0.5, 0.6) is 0 Å². The molecule has 1 atom stereocenters. The maximum atomic E-state index is 10.6. The average Bonchev–Trinajstić information content (AvgIpc) is 2.34. The number of carbonyl (C=O) groups excluding carboxylic acids is 1. The Kier molecular flexibility index (Phi) is 6.40. The summed E-state index contributed by atoms with van der Waals surface area (Å²) < 4.78 is 0. The minimum Gasteiger partial charge on any atom is -0.481 e. The Morgan fingerprint density at radius 2 is 2.06 bits per heavy atom. The van der Waals surface area contributed by atoms with E-state index >= 15 is 0 Å². The normalized spacial score (nSPS) is 12.0. The van der Waals surface area contributed by atoms with Crippen LogP contribution in [0.15, 0.2) is 30.3 Å². The second-order valence-electron chi connectivity index (χ2n) is 3.82. The first-order valence-corrected chi connectivity index (χ1v) is 6.66. The van der Waals surface area contributed by atoms with Gasteiger partial charge in [0.2, 0.25) is 0 Å². The Bertz CT molecular complexity index is 351. The highest BCUT2D eigenvalue weighted by molar-refractivity contribution is 7.98. The van der Waals surface area contributed by atoms with Gasteiger partial charge in [0.05, 0.1) is 6.42 Å². The highest BCUT2D eigenvalue weighted by atomic mass is 32.2. The quantitative estimate of drug-likeness (QED) is 0.571. The molecule has 0 fully saturated rings. The van der Waals surface area contributed by atoms with Crippen LogP contribution in [0.3, 0.4) is 0 Å². The molecule has 3 nitrogen and oxygen atoms in total. The third kappa shape index (κ3) is 6.12. The first-order valence-electron chi connectivity index (χ1n) is 5.51. The fourth-order valence-corrected chi connectivity index (χ4v) is 2.48. The zero-order valence-electron chi connectivity index (χ0n) is 9.54. The molecule has 1 aromatic rings. The van der Waals surface area contributed by atoms with Gasteiger partial charge in [-0.15, -0.1) is 0 Å². The second kappa shape index (κ2) is 7.90. The minimum atomic E-state index is -0.907. The summed E-state index contributed by atoms with van der Waals surface area (Å²) in [5, 5.41) is 8.58. The van der Waals surface area contributed by atoms with Gasteiger partial charge in [0, 0.05) is 11.7 Å². The number of rotatable bonds is 8. The van der Waals surface area contributed by atoms with Gasteiger partial charge in [-0.25, -0.2) is 0 Å². The summed E-state index contributed by atoms with van der Waals surface area (Å²) in [7, 11) is 0. The lowest BCUT2D eigenvalue weighted by molar-refractivity contribution is -0.139. The van der Waals surface area contributed by atoms with E-state index in [0.29, 0.717) is 6.42 Å². The molecule has 0 bridgehead atoms. The van der Waals surface area contributed by atoms with E-state index in [9.17, 15) is 9.59 Å². The number of aldehydes is 1. The van der Waals surface area contributed by atoms with Gasteiger partial charge in [-0.05, 0) is 17.7 Å². The summed E-state index contributed by atoms with van der Waals surface area (Å²) in [4.78, 5) is 21.1. The largest absolute Gasteiger partial charge is 0.481 e. The SMILES string of the molecule is O=CC(CCSCc1ccccc1)CC(=O)O. The fourth-order valence-electron chi connectivity index (χ4n) is 1.44. The topological polar surface area (TPSA) is 54.4 Å².